The van der Waals surface area contributed by atoms with Crippen molar-refractivity contribution in [2.45, 2.75) is 6.42 Å². The van der Waals surface area contributed by atoms with Gasteiger partial charge >= 0.3 is 0 Å². The Morgan fingerprint density at radius 1 is 1.00 bits per heavy atom. The van der Waals surface area contributed by atoms with E-state index < -0.39 is 0 Å². The maximum absolute atomic E-state index is 9.38. The van der Waals surface area contributed by atoms with Crippen LogP contribution >= 0.6 is 22.9 Å². The van der Waals surface area contributed by atoms with Crippen molar-refractivity contribution in [2.75, 3.05) is 11.9 Å². The lowest BCUT2D eigenvalue weighted by Gasteiger charge is -2.09. The average molecular weight is 382 g/mol. The lowest BCUT2D eigenvalue weighted by molar-refractivity contribution is 0.475. The van der Waals surface area contributed by atoms with Crippen molar-refractivity contribution in [1.29, 1.82) is 0 Å². The summed E-state index contributed by atoms with van der Waals surface area (Å²) < 4.78 is 0. The quantitative estimate of drug-likeness (QED) is 0.456. The molecule has 0 bridgehead atoms. The van der Waals surface area contributed by atoms with E-state index in [2.05, 4.69) is 32.8 Å². The van der Waals surface area contributed by atoms with Crippen molar-refractivity contribution in [1.82, 2.24) is 9.97 Å². The highest BCUT2D eigenvalue weighted by Gasteiger charge is 2.14. The molecule has 6 heteroatoms. The normalized spacial score (nSPS) is 11.0. The first-order chi connectivity index (χ1) is 12.7. The monoisotopic (exact) mass is 381 g/mol. The second kappa shape index (κ2) is 7.32. The summed E-state index contributed by atoms with van der Waals surface area (Å²) in [5.74, 6) is 1.02. The molecule has 0 aliphatic carbocycles. The Hall–Kier alpha value is -2.63. The van der Waals surface area contributed by atoms with Crippen molar-refractivity contribution in [3.05, 3.63) is 70.8 Å². The highest BCUT2D eigenvalue weighted by molar-refractivity contribution is 7.17. The van der Waals surface area contributed by atoms with Crippen molar-refractivity contribution in [2.24, 2.45) is 0 Å². The van der Waals surface area contributed by atoms with Gasteiger partial charge in [-0.3, -0.25) is 0 Å². The Bertz CT molecular complexity index is 1030. The molecule has 2 N–H and O–H groups in total. The number of phenolic OH excluding ortho intramolecular Hbond substituents is 1. The van der Waals surface area contributed by atoms with Crippen LogP contribution < -0.4 is 5.32 Å². The zero-order valence-corrected chi connectivity index (χ0v) is 15.4. The van der Waals surface area contributed by atoms with Gasteiger partial charge in [-0.2, -0.15) is 0 Å². The van der Waals surface area contributed by atoms with Gasteiger partial charge in [-0.15, -0.1) is 11.3 Å². The molecular weight excluding hydrogens is 366 g/mol. The van der Waals surface area contributed by atoms with Gasteiger partial charge in [0.2, 0.25) is 5.28 Å². The molecule has 4 aromatic rings. The summed E-state index contributed by atoms with van der Waals surface area (Å²) >= 11 is 7.67. The van der Waals surface area contributed by atoms with Gasteiger partial charge in [-0.05, 0) is 41.3 Å². The molecule has 0 spiro atoms. The molecule has 0 amide bonds. The molecule has 0 radical (unpaired) electrons. The second-order valence-corrected chi connectivity index (χ2v) is 7.08. The molecule has 0 saturated heterocycles. The maximum atomic E-state index is 9.38. The molecule has 0 unspecified atom stereocenters. The molecule has 0 aliphatic heterocycles. The fourth-order valence-electron chi connectivity index (χ4n) is 2.86. The second-order valence-electron chi connectivity index (χ2n) is 5.88. The van der Waals surface area contributed by atoms with Gasteiger partial charge in [0.25, 0.3) is 0 Å². The van der Waals surface area contributed by atoms with Crippen LogP contribution in [0.25, 0.3) is 21.3 Å². The highest BCUT2D eigenvalue weighted by Crippen LogP contribution is 2.37. The van der Waals surface area contributed by atoms with Crippen LogP contribution in [0.1, 0.15) is 5.56 Å². The first-order valence-corrected chi connectivity index (χ1v) is 9.48. The third kappa shape index (κ3) is 3.49. The average Bonchev–Trinajstić information content (AvgIpc) is 3.08. The van der Waals surface area contributed by atoms with Crippen LogP contribution in [0.15, 0.2) is 60.0 Å². The molecule has 0 saturated carbocycles. The molecule has 2 heterocycles. The molecule has 130 valence electrons. The lowest BCUT2D eigenvalue weighted by Crippen LogP contribution is -2.07. The van der Waals surface area contributed by atoms with E-state index in [0.717, 1.165) is 39.1 Å². The van der Waals surface area contributed by atoms with E-state index in [1.165, 1.54) is 0 Å². The summed E-state index contributed by atoms with van der Waals surface area (Å²) in [6.45, 7) is 0.706. The van der Waals surface area contributed by atoms with E-state index in [0.29, 0.717) is 6.54 Å². The van der Waals surface area contributed by atoms with E-state index >= 15 is 0 Å². The number of nitrogens with one attached hydrogen (secondary N) is 1. The minimum Gasteiger partial charge on any atom is -0.508 e. The summed E-state index contributed by atoms with van der Waals surface area (Å²) in [6.07, 6.45) is 0.814. The number of hydrogen-bond acceptors (Lipinski definition) is 5. The molecular formula is C20H16ClN3OS. The molecule has 2 aromatic carbocycles. The van der Waals surface area contributed by atoms with Crippen LogP contribution in [0.5, 0.6) is 5.75 Å². The number of halogens is 1. The summed E-state index contributed by atoms with van der Waals surface area (Å²) in [5, 5.41) is 16.1. The van der Waals surface area contributed by atoms with Crippen molar-refractivity contribution >= 4 is 39.0 Å². The van der Waals surface area contributed by atoms with Crippen LogP contribution in [0.2, 0.25) is 5.28 Å². The van der Waals surface area contributed by atoms with E-state index in [9.17, 15) is 5.11 Å². The Morgan fingerprint density at radius 3 is 2.54 bits per heavy atom. The van der Waals surface area contributed by atoms with E-state index in [-0.39, 0.29) is 11.0 Å². The number of rotatable bonds is 5. The van der Waals surface area contributed by atoms with E-state index in [1.54, 1.807) is 23.5 Å². The van der Waals surface area contributed by atoms with Gasteiger partial charge in [-0.25, -0.2) is 9.97 Å². The third-order valence-electron chi connectivity index (χ3n) is 4.13. The van der Waals surface area contributed by atoms with Crippen molar-refractivity contribution < 1.29 is 5.11 Å². The minimum absolute atomic E-state index is 0.242. The Morgan fingerprint density at radius 2 is 1.77 bits per heavy atom. The van der Waals surface area contributed by atoms with Gasteiger partial charge in [0.15, 0.2) is 0 Å². The predicted molar refractivity (Wildman–Crippen MR) is 108 cm³/mol. The number of anilines is 1. The van der Waals surface area contributed by atoms with Crippen molar-refractivity contribution in [3.8, 4) is 16.9 Å². The molecule has 0 fully saturated rings. The topological polar surface area (TPSA) is 58.0 Å². The Labute approximate surface area is 160 Å². The number of fused-ring (bicyclic) bond motifs is 1. The number of hydrogen-bond donors (Lipinski definition) is 2. The predicted octanol–water partition coefficient (Wildman–Crippen LogP) is 5.37. The van der Waals surface area contributed by atoms with E-state index in [1.807, 2.05) is 30.3 Å². The molecule has 4 rings (SSSR count). The standard InChI is InChI=1S/C20H16ClN3OS/c21-20-23-18(22-11-10-13-6-8-15(25)9-7-13)17-16(12-26-19(17)24-20)14-4-2-1-3-5-14/h1-9,12,25H,10-11H2,(H,22,23,24). The summed E-state index contributed by atoms with van der Waals surface area (Å²) in [6, 6.07) is 17.4. The largest absolute Gasteiger partial charge is 0.508 e. The first-order valence-electron chi connectivity index (χ1n) is 8.22. The lowest BCUT2D eigenvalue weighted by atomic mass is 10.1. The van der Waals surface area contributed by atoms with Crippen molar-refractivity contribution in [3.63, 3.8) is 0 Å². The fraction of sp³-hybridized carbons (Fsp3) is 0.100. The van der Waals surface area contributed by atoms with Gasteiger partial charge in [0.05, 0.1) is 5.39 Å². The number of benzene rings is 2. The first kappa shape index (κ1) is 16.8. The number of nitrogens with zero attached hydrogens (tertiary/aromatic N) is 2. The molecule has 2 aromatic heterocycles. The van der Waals surface area contributed by atoms with Crippen LogP contribution in [0.3, 0.4) is 0 Å². The SMILES string of the molecule is Oc1ccc(CCNc2nc(Cl)nc3scc(-c4ccccc4)c23)cc1. The van der Waals surface area contributed by atoms with Crippen LogP contribution in [-0.4, -0.2) is 21.6 Å². The minimum atomic E-state index is 0.242. The van der Waals surface area contributed by atoms with E-state index in [4.69, 9.17) is 11.6 Å². The highest BCUT2D eigenvalue weighted by atomic mass is 35.5. The summed E-state index contributed by atoms with van der Waals surface area (Å²) in [4.78, 5) is 9.65. The Balaban J connectivity index is 1.63. The molecule has 0 atom stereocenters. The fourth-order valence-corrected chi connectivity index (χ4v) is 4.03. The van der Waals surface area contributed by atoms with Gasteiger partial charge in [0.1, 0.15) is 16.4 Å². The van der Waals surface area contributed by atoms with Gasteiger partial charge in [0, 0.05) is 17.5 Å². The number of phenols is 1. The number of thiophene rings is 1. The smallest absolute Gasteiger partial charge is 0.225 e. The van der Waals surface area contributed by atoms with Gasteiger partial charge in [-0.1, -0.05) is 42.5 Å². The number of aromatic nitrogens is 2. The third-order valence-corrected chi connectivity index (χ3v) is 5.17. The zero-order valence-electron chi connectivity index (χ0n) is 13.8. The number of aromatic hydroxyl groups is 1. The van der Waals surface area contributed by atoms with Crippen LogP contribution in [0, 0.1) is 0 Å². The molecule has 4 nitrogen and oxygen atoms in total. The van der Waals surface area contributed by atoms with Crippen LogP contribution in [0.4, 0.5) is 5.82 Å². The Kier molecular flexibility index (Phi) is 4.73. The van der Waals surface area contributed by atoms with Crippen LogP contribution in [-0.2, 0) is 6.42 Å². The molecule has 0 aliphatic rings. The summed E-state index contributed by atoms with van der Waals surface area (Å²) in [7, 11) is 0. The molecule has 26 heavy (non-hydrogen) atoms. The zero-order chi connectivity index (χ0) is 17.9. The van der Waals surface area contributed by atoms with Gasteiger partial charge < -0.3 is 10.4 Å². The summed E-state index contributed by atoms with van der Waals surface area (Å²) in [5.41, 5.74) is 3.38. The maximum Gasteiger partial charge on any atom is 0.225 e.